The van der Waals surface area contributed by atoms with Crippen molar-refractivity contribution < 1.29 is 9.90 Å². The molecular formula is C14H26N2O2. The van der Waals surface area contributed by atoms with Crippen LogP contribution in [-0.2, 0) is 4.79 Å². The Hall–Kier alpha value is -0.610. The molecule has 1 aliphatic carbocycles. The summed E-state index contributed by atoms with van der Waals surface area (Å²) in [5.74, 6) is 1.00. The van der Waals surface area contributed by atoms with Crippen LogP contribution in [-0.4, -0.2) is 36.8 Å². The van der Waals surface area contributed by atoms with Gasteiger partial charge >= 0.3 is 0 Å². The van der Waals surface area contributed by atoms with Crippen molar-refractivity contribution in [3.63, 3.8) is 0 Å². The van der Waals surface area contributed by atoms with Crippen molar-refractivity contribution in [1.82, 2.24) is 10.6 Å². The van der Waals surface area contributed by atoms with Crippen molar-refractivity contribution >= 4 is 5.91 Å². The van der Waals surface area contributed by atoms with Crippen LogP contribution in [0.25, 0.3) is 0 Å². The van der Waals surface area contributed by atoms with Gasteiger partial charge < -0.3 is 15.7 Å². The number of hydrogen-bond donors (Lipinski definition) is 3. The second-order valence-electron chi connectivity index (χ2n) is 5.80. The predicted molar refractivity (Wildman–Crippen MR) is 71.2 cm³/mol. The van der Waals surface area contributed by atoms with Gasteiger partial charge in [-0.2, -0.15) is 0 Å². The van der Waals surface area contributed by atoms with E-state index in [-0.39, 0.29) is 24.5 Å². The van der Waals surface area contributed by atoms with Gasteiger partial charge in [0.15, 0.2) is 0 Å². The second kappa shape index (κ2) is 7.10. The number of aliphatic hydroxyl groups is 1. The Morgan fingerprint density at radius 2 is 1.89 bits per heavy atom. The monoisotopic (exact) mass is 254 g/mol. The molecule has 0 aromatic heterocycles. The number of rotatable bonds is 4. The Bertz CT molecular complexity index is 265. The molecule has 0 radical (unpaired) electrons. The highest BCUT2D eigenvalue weighted by Crippen LogP contribution is 2.24. The summed E-state index contributed by atoms with van der Waals surface area (Å²) >= 11 is 0. The van der Waals surface area contributed by atoms with Gasteiger partial charge in [0.1, 0.15) is 0 Å². The van der Waals surface area contributed by atoms with Crippen LogP contribution >= 0.6 is 0 Å². The molecule has 0 aromatic carbocycles. The quantitative estimate of drug-likeness (QED) is 0.702. The lowest BCUT2D eigenvalue weighted by Crippen LogP contribution is -2.44. The fourth-order valence-corrected chi connectivity index (χ4v) is 3.23. The maximum atomic E-state index is 12.0. The van der Waals surface area contributed by atoms with E-state index < -0.39 is 0 Å². The minimum atomic E-state index is 0.187. The number of carbonyl (C=O) groups is 1. The molecule has 2 aliphatic rings. The Balaban J connectivity index is 1.75. The minimum absolute atomic E-state index is 0.187. The zero-order valence-corrected chi connectivity index (χ0v) is 11.2. The Morgan fingerprint density at radius 3 is 2.61 bits per heavy atom. The van der Waals surface area contributed by atoms with E-state index in [1.165, 1.54) is 12.8 Å². The van der Waals surface area contributed by atoms with E-state index in [4.69, 9.17) is 0 Å². The maximum Gasteiger partial charge on any atom is 0.220 e. The van der Waals surface area contributed by atoms with Crippen molar-refractivity contribution in [3.8, 4) is 0 Å². The van der Waals surface area contributed by atoms with Crippen LogP contribution in [0.5, 0.6) is 0 Å². The molecule has 2 atom stereocenters. The van der Waals surface area contributed by atoms with Gasteiger partial charge in [-0.3, -0.25) is 4.79 Å². The molecule has 104 valence electrons. The van der Waals surface area contributed by atoms with Gasteiger partial charge in [0, 0.05) is 25.0 Å². The van der Waals surface area contributed by atoms with E-state index in [0.717, 1.165) is 38.8 Å². The molecule has 3 N–H and O–H groups in total. The normalized spacial score (nSPS) is 30.1. The lowest BCUT2D eigenvalue weighted by atomic mass is 9.84. The zero-order valence-electron chi connectivity index (χ0n) is 11.2. The first-order valence-electron chi connectivity index (χ1n) is 7.40. The summed E-state index contributed by atoms with van der Waals surface area (Å²) in [4.78, 5) is 12.0. The van der Waals surface area contributed by atoms with Crippen LogP contribution in [0.1, 0.15) is 44.9 Å². The molecule has 1 saturated heterocycles. The first-order valence-corrected chi connectivity index (χ1v) is 7.40. The van der Waals surface area contributed by atoms with Crippen LogP contribution in [0.4, 0.5) is 0 Å². The molecule has 0 unspecified atom stereocenters. The molecule has 4 heteroatoms. The van der Waals surface area contributed by atoms with Gasteiger partial charge in [-0.1, -0.05) is 12.8 Å². The van der Waals surface area contributed by atoms with Gasteiger partial charge in [0.05, 0.1) is 0 Å². The summed E-state index contributed by atoms with van der Waals surface area (Å²) in [7, 11) is 0. The summed E-state index contributed by atoms with van der Waals surface area (Å²) in [6.07, 6.45) is 7.33. The topological polar surface area (TPSA) is 61.4 Å². The average molecular weight is 254 g/mol. The number of carbonyl (C=O) groups excluding carboxylic acids is 1. The summed E-state index contributed by atoms with van der Waals surface area (Å²) in [6.45, 7) is 2.29. The van der Waals surface area contributed by atoms with Gasteiger partial charge in [-0.25, -0.2) is 0 Å². The Kier molecular flexibility index (Phi) is 5.45. The molecule has 1 saturated carbocycles. The molecule has 4 nitrogen and oxygen atoms in total. The van der Waals surface area contributed by atoms with E-state index >= 15 is 0 Å². The van der Waals surface area contributed by atoms with Gasteiger partial charge in [-0.15, -0.1) is 0 Å². The van der Waals surface area contributed by atoms with Crippen molar-refractivity contribution in [2.45, 2.75) is 51.0 Å². The zero-order chi connectivity index (χ0) is 12.8. The molecule has 0 bridgehead atoms. The van der Waals surface area contributed by atoms with Crippen molar-refractivity contribution in [2.24, 2.45) is 11.8 Å². The van der Waals surface area contributed by atoms with E-state index in [2.05, 4.69) is 10.6 Å². The lowest BCUT2D eigenvalue weighted by molar-refractivity contribution is -0.123. The molecule has 1 amide bonds. The van der Waals surface area contributed by atoms with Crippen LogP contribution in [0.15, 0.2) is 0 Å². The van der Waals surface area contributed by atoms with Crippen molar-refractivity contribution in [3.05, 3.63) is 0 Å². The van der Waals surface area contributed by atoms with E-state index in [0.29, 0.717) is 12.3 Å². The second-order valence-corrected chi connectivity index (χ2v) is 5.80. The third-order valence-corrected chi connectivity index (χ3v) is 4.42. The molecule has 2 fully saturated rings. The first kappa shape index (κ1) is 13.8. The molecule has 2 rings (SSSR count). The van der Waals surface area contributed by atoms with Crippen molar-refractivity contribution in [2.75, 3.05) is 19.7 Å². The number of aliphatic hydroxyl groups excluding tert-OH is 1. The number of hydrogen-bond acceptors (Lipinski definition) is 3. The van der Waals surface area contributed by atoms with E-state index in [1.807, 2.05) is 0 Å². The summed E-state index contributed by atoms with van der Waals surface area (Å²) < 4.78 is 0. The highest BCUT2D eigenvalue weighted by atomic mass is 16.3. The highest BCUT2D eigenvalue weighted by Gasteiger charge is 2.26. The molecule has 0 aromatic rings. The van der Waals surface area contributed by atoms with Crippen LogP contribution < -0.4 is 10.6 Å². The SMILES string of the molecule is O=C(CC1CCNCC1)N[C@H]1CCCC[C@H]1CO. The maximum absolute atomic E-state index is 12.0. The predicted octanol–water partition coefficient (Wildman–Crippen LogP) is 1.04. The summed E-state index contributed by atoms with van der Waals surface area (Å²) in [6, 6.07) is 0.206. The molecular weight excluding hydrogens is 228 g/mol. The van der Waals surface area contributed by atoms with E-state index in [9.17, 15) is 9.90 Å². The molecule has 0 spiro atoms. The van der Waals surface area contributed by atoms with Crippen LogP contribution in [0.3, 0.4) is 0 Å². The minimum Gasteiger partial charge on any atom is -0.396 e. The number of piperidine rings is 1. The van der Waals surface area contributed by atoms with Crippen molar-refractivity contribution in [1.29, 1.82) is 0 Å². The first-order chi connectivity index (χ1) is 8.79. The third-order valence-electron chi connectivity index (χ3n) is 4.42. The summed E-state index contributed by atoms with van der Waals surface area (Å²) in [5.41, 5.74) is 0. The van der Waals surface area contributed by atoms with Gasteiger partial charge in [-0.05, 0) is 44.7 Å². The fraction of sp³-hybridized carbons (Fsp3) is 0.929. The lowest BCUT2D eigenvalue weighted by Gasteiger charge is -2.31. The molecule has 1 aliphatic heterocycles. The highest BCUT2D eigenvalue weighted by molar-refractivity contribution is 5.76. The summed E-state index contributed by atoms with van der Waals surface area (Å²) in [5, 5.41) is 15.8. The Morgan fingerprint density at radius 1 is 1.17 bits per heavy atom. The van der Waals surface area contributed by atoms with Gasteiger partial charge in [0.25, 0.3) is 0 Å². The van der Waals surface area contributed by atoms with Crippen LogP contribution in [0.2, 0.25) is 0 Å². The van der Waals surface area contributed by atoms with Gasteiger partial charge in [0.2, 0.25) is 5.91 Å². The third kappa shape index (κ3) is 3.95. The Labute approximate surface area is 110 Å². The average Bonchev–Trinajstić information content (AvgIpc) is 2.40. The molecule has 18 heavy (non-hydrogen) atoms. The largest absolute Gasteiger partial charge is 0.396 e. The number of amides is 1. The van der Waals surface area contributed by atoms with E-state index in [1.54, 1.807) is 0 Å². The number of nitrogens with one attached hydrogen (secondary N) is 2. The smallest absolute Gasteiger partial charge is 0.220 e. The van der Waals surface area contributed by atoms with Crippen LogP contribution in [0, 0.1) is 11.8 Å². The fourth-order valence-electron chi connectivity index (χ4n) is 3.23. The molecule has 1 heterocycles. The standard InChI is InChI=1S/C14H26N2O2/c17-10-12-3-1-2-4-13(12)16-14(18)9-11-5-7-15-8-6-11/h11-13,15,17H,1-10H2,(H,16,18)/t12-,13-/m0/s1.